The fourth-order valence-electron chi connectivity index (χ4n) is 0.547. The normalized spacial score (nSPS) is 8.75. The van der Waals surface area contributed by atoms with Crippen LogP contribution in [0.25, 0.3) is 0 Å². The van der Waals surface area contributed by atoms with Crippen LogP contribution in [0.15, 0.2) is 12.3 Å². The molecular weight excluding hydrogens is 197 g/mol. The van der Waals surface area contributed by atoms with E-state index in [9.17, 15) is 0 Å². The molecular formula is C8H11Cl2NO. The molecule has 0 bridgehead atoms. The molecule has 1 heterocycles. The molecule has 68 valence electrons. The van der Waals surface area contributed by atoms with Crippen LogP contribution in [-0.2, 0) is 6.61 Å². The molecule has 0 aliphatic heterocycles. The zero-order valence-electron chi connectivity index (χ0n) is 7.01. The predicted octanol–water partition coefficient (Wildman–Crippen LogP) is 2.91. The Balaban J connectivity index is 0.000000561. The third-order valence-corrected chi connectivity index (χ3v) is 1.72. The van der Waals surface area contributed by atoms with Crippen molar-refractivity contribution in [3.8, 4) is 0 Å². The Morgan fingerprint density at radius 2 is 2.00 bits per heavy atom. The van der Waals surface area contributed by atoms with E-state index >= 15 is 0 Å². The van der Waals surface area contributed by atoms with Crippen LogP contribution in [-0.4, -0.2) is 10.1 Å². The van der Waals surface area contributed by atoms with Crippen molar-refractivity contribution >= 4 is 23.2 Å². The Kier molecular flexibility index (Phi) is 6.07. The number of hydrogen-bond acceptors (Lipinski definition) is 2. The number of aliphatic hydroxyl groups excluding tert-OH is 1. The lowest BCUT2D eigenvalue weighted by molar-refractivity contribution is 0.281. The minimum absolute atomic E-state index is 0.0656. The molecule has 1 N–H and O–H groups in total. The highest BCUT2D eigenvalue weighted by molar-refractivity contribution is 6.41. The van der Waals surface area contributed by atoms with Gasteiger partial charge in [-0.2, -0.15) is 0 Å². The highest BCUT2D eigenvalue weighted by atomic mass is 35.5. The third kappa shape index (κ3) is 3.39. The molecule has 0 spiro atoms. The van der Waals surface area contributed by atoms with Crippen LogP contribution in [0.1, 0.15) is 19.4 Å². The van der Waals surface area contributed by atoms with Crippen LogP contribution in [0.5, 0.6) is 0 Å². The molecule has 0 saturated heterocycles. The number of aromatic nitrogens is 1. The summed E-state index contributed by atoms with van der Waals surface area (Å²) < 4.78 is 0. The van der Waals surface area contributed by atoms with Gasteiger partial charge in [0.15, 0.2) is 0 Å². The standard InChI is InChI=1S/C6H5Cl2NO.C2H6/c7-5-1-4(3-10)2-9-6(5)8;1-2/h1-2,10H,3H2;1-2H3. The highest BCUT2D eigenvalue weighted by Crippen LogP contribution is 2.19. The molecule has 2 nitrogen and oxygen atoms in total. The van der Waals surface area contributed by atoms with Gasteiger partial charge in [0, 0.05) is 6.20 Å². The summed E-state index contributed by atoms with van der Waals surface area (Å²) in [6.07, 6.45) is 1.48. The maximum Gasteiger partial charge on any atom is 0.147 e. The molecule has 1 aromatic rings. The summed E-state index contributed by atoms with van der Waals surface area (Å²) in [5.41, 5.74) is 0.661. The van der Waals surface area contributed by atoms with Gasteiger partial charge >= 0.3 is 0 Å². The molecule has 0 aliphatic rings. The maximum absolute atomic E-state index is 8.61. The largest absolute Gasteiger partial charge is 0.392 e. The SMILES string of the molecule is CC.OCc1cnc(Cl)c(Cl)c1. The Morgan fingerprint density at radius 1 is 1.42 bits per heavy atom. The van der Waals surface area contributed by atoms with Crippen molar-refractivity contribution in [1.82, 2.24) is 4.98 Å². The van der Waals surface area contributed by atoms with Crippen molar-refractivity contribution in [2.75, 3.05) is 0 Å². The summed E-state index contributed by atoms with van der Waals surface area (Å²) in [7, 11) is 0. The first-order valence-corrected chi connectivity index (χ1v) is 4.40. The molecule has 0 aromatic carbocycles. The van der Waals surface area contributed by atoms with Crippen LogP contribution in [0.2, 0.25) is 10.2 Å². The van der Waals surface area contributed by atoms with Crippen molar-refractivity contribution in [1.29, 1.82) is 0 Å². The first-order valence-electron chi connectivity index (χ1n) is 3.65. The van der Waals surface area contributed by atoms with Gasteiger partial charge in [0.25, 0.3) is 0 Å². The Labute approximate surface area is 82.2 Å². The van der Waals surface area contributed by atoms with Crippen LogP contribution >= 0.6 is 23.2 Å². The highest BCUT2D eigenvalue weighted by Gasteiger charge is 1.98. The van der Waals surface area contributed by atoms with Gasteiger partial charge in [0.1, 0.15) is 5.15 Å². The molecule has 0 fully saturated rings. The molecule has 1 rings (SSSR count). The minimum Gasteiger partial charge on any atom is -0.392 e. The fourth-order valence-corrected chi connectivity index (χ4v) is 0.840. The van der Waals surface area contributed by atoms with Crippen LogP contribution in [0.4, 0.5) is 0 Å². The summed E-state index contributed by atoms with van der Waals surface area (Å²) in [5.74, 6) is 0. The van der Waals surface area contributed by atoms with E-state index in [0.717, 1.165) is 0 Å². The van der Waals surface area contributed by atoms with E-state index in [4.69, 9.17) is 28.3 Å². The van der Waals surface area contributed by atoms with Gasteiger partial charge in [-0.25, -0.2) is 4.98 Å². The predicted molar refractivity (Wildman–Crippen MR) is 51.5 cm³/mol. The van der Waals surface area contributed by atoms with Crippen molar-refractivity contribution in [2.45, 2.75) is 20.5 Å². The number of nitrogens with zero attached hydrogens (tertiary/aromatic N) is 1. The van der Waals surface area contributed by atoms with Gasteiger partial charge in [-0.3, -0.25) is 0 Å². The summed E-state index contributed by atoms with van der Waals surface area (Å²) in [6, 6.07) is 1.58. The summed E-state index contributed by atoms with van der Waals surface area (Å²) in [4.78, 5) is 3.72. The van der Waals surface area contributed by atoms with Gasteiger partial charge in [-0.05, 0) is 11.6 Å². The average molecular weight is 208 g/mol. The first kappa shape index (κ1) is 11.7. The second-order valence-electron chi connectivity index (χ2n) is 1.77. The zero-order chi connectivity index (χ0) is 9.56. The molecule has 12 heavy (non-hydrogen) atoms. The number of rotatable bonds is 1. The van der Waals surface area contributed by atoms with Crippen LogP contribution in [0.3, 0.4) is 0 Å². The Hall–Kier alpha value is -0.310. The topological polar surface area (TPSA) is 33.1 Å². The second-order valence-corrected chi connectivity index (χ2v) is 2.54. The van der Waals surface area contributed by atoms with Crippen molar-refractivity contribution in [3.05, 3.63) is 28.0 Å². The van der Waals surface area contributed by atoms with E-state index in [1.165, 1.54) is 6.20 Å². The lowest BCUT2D eigenvalue weighted by Crippen LogP contribution is -1.85. The lowest BCUT2D eigenvalue weighted by atomic mass is 10.3. The molecule has 0 aliphatic carbocycles. The zero-order valence-corrected chi connectivity index (χ0v) is 8.52. The molecule has 4 heteroatoms. The minimum atomic E-state index is -0.0656. The van der Waals surface area contributed by atoms with Crippen molar-refractivity contribution in [2.24, 2.45) is 0 Å². The summed E-state index contributed by atoms with van der Waals surface area (Å²) in [5, 5.41) is 9.24. The molecule has 0 atom stereocenters. The smallest absolute Gasteiger partial charge is 0.147 e. The molecule has 0 amide bonds. The number of halogens is 2. The van der Waals surface area contributed by atoms with E-state index in [2.05, 4.69) is 4.98 Å². The van der Waals surface area contributed by atoms with Gasteiger partial charge in [0.05, 0.1) is 11.6 Å². The Morgan fingerprint density at radius 3 is 2.42 bits per heavy atom. The Bertz CT molecular complexity index is 240. The molecule has 0 saturated carbocycles. The van der Waals surface area contributed by atoms with E-state index in [-0.39, 0.29) is 11.8 Å². The van der Waals surface area contributed by atoms with Crippen LogP contribution in [0, 0.1) is 0 Å². The molecule has 0 unspecified atom stereocenters. The lowest BCUT2D eigenvalue weighted by Gasteiger charge is -1.96. The third-order valence-electron chi connectivity index (χ3n) is 1.04. The average Bonchev–Trinajstić information content (AvgIpc) is 2.13. The monoisotopic (exact) mass is 207 g/mol. The number of aliphatic hydroxyl groups is 1. The van der Waals surface area contributed by atoms with Gasteiger partial charge < -0.3 is 5.11 Å². The van der Waals surface area contributed by atoms with Gasteiger partial charge in [-0.15, -0.1) is 0 Å². The van der Waals surface area contributed by atoms with E-state index in [0.29, 0.717) is 10.6 Å². The number of hydrogen-bond donors (Lipinski definition) is 1. The summed E-state index contributed by atoms with van der Waals surface area (Å²) in [6.45, 7) is 3.93. The van der Waals surface area contributed by atoms with Gasteiger partial charge in [-0.1, -0.05) is 37.0 Å². The van der Waals surface area contributed by atoms with Crippen molar-refractivity contribution < 1.29 is 5.11 Å². The first-order chi connectivity index (χ1) is 5.74. The molecule has 1 aromatic heterocycles. The number of pyridine rings is 1. The maximum atomic E-state index is 8.61. The van der Waals surface area contributed by atoms with Crippen LogP contribution < -0.4 is 0 Å². The molecule has 0 radical (unpaired) electrons. The summed E-state index contributed by atoms with van der Waals surface area (Å²) >= 11 is 11.1. The van der Waals surface area contributed by atoms with E-state index < -0.39 is 0 Å². The van der Waals surface area contributed by atoms with E-state index in [1.807, 2.05) is 13.8 Å². The van der Waals surface area contributed by atoms with Gasteiger partial charge in [0.2, 0.25) is 0 Å². The second kappa shape index (κ2) is 6.23. The van der Waals surface area contributed by atoms with Crippen molar-refractivity contribution in [3.63, 3.8) is 0 Å². The quantitative estimate of drug-likeness (QED) is 0.719. The fraction of sp³-hybridized carbons (Fsp3) is 0.375. The van der Waals surface area contributed by atoms with E-state index in [1.54, 1.807) is 6.07 Å².